The van der Waals surface area contributed by atoms with Gasteiger partial charge in [0.15, 0.2) is 11.5 Å². The Bertz CT molecular complexity index is 603. The molecule has 2 aromatic rings. The maximum absolute atomic E-state index is 5.43. The van der Waals surface area contributed by atoms with E-state index in [9.17, 15) is 0 Å². The lowest BCUT2D eigenvalue weighted by atomic mass is 10.0. The van der Waals surface area contributed by atoms with Crippen molar-refractivity contribution in [2.45, 2.75) is 25.9 Å². The van der Waals surface area contributed by atoms with Crippen molar-refractivity contribution in [2.24, 2.45) is 0 Å². The summed E-state index contributed by atoms with van der Waals surface area (Å²) in [6, 6.07) is 14.7. The molecule has 0 saturated heterocycles. The molecule has 0 radical (unpaired) electrons. The van der Waals surface area contributed by atoms with Gasteiger partial charge in [-0.05, 0) is 37.1 Å². The number of benzene rings is 2. The van der Waals surface area contributed by atoms with Gasteiger partial charge in [0.2, 0.25) is 5.75 Å². The Morgan fingerprint density at radius 1 is 0.739 bits per heavy atom. The summed E-state index contributed by atoms with van der Waals surface area (Å²) in [5, 5.41) is 3.60. The van der Waals surface area contributed by atoms with E-state index in [1.54, 1.807) is 21.3 Å². The Balaban J connectivity index is 2.23. The summed E-state index contributed by atoms with van der Waals surface area (Å²) in [6.07, 6.45) is 0. The molecular formula is C19H25NO3. The lowest BCUT2D eigenvalue weighted by Crippen LogP contribution is -2.22. The van der Waals surface area contributed by atoms with E-state index in [4.69, 9.17) is 14.2 Å². The fourth-order valence-electron chi connectivity index (χ4n) is 2.66. The van der Waals surface area contributed by atoms with Gasteiger partial charge < -0.3 is 19.5 Å². The Labute approximate surface area is 138 Å². The van der Waals surface area contributed by atoms with Gasteiger partial charge in [-0.15, -0.1) is 0 Å². The second-order valence-corrected chi connectivity index (χ2v) is 5.48. The third-order valence-electron chi connectivity index (χ3n) is 3.99. The van der Waals surface area contributed by atoms with Gasteiger partial charge in [-0.2, -0.15) is 0 Å². The Morgan fingerprint density at radius 3 is 1.74 bits per heavy atom. The van der Waals surface area contributed by atoms with Crippen LogP contribution in [0.1, 0.15) is 37.1 Å². The normalized spacial score (nSPS) is 13.3. The molecule has 0 amide bonds. The van der Waals surface area contributed by atoms with Crippen LogP contribution in [0.3, 0.4) is 0 Å². The molecule has 2 aromatic carbocycles. The minimum Gasteiger partial charge on any atom is -0.493 e. The van der Waals surface area contributed by atoms with Gasteiger partial charge in [0.25, 0.3) is 0 Å². The molecule has 2 atom stereocenters. The first-order chi connectivity index (χ1) is 11.1. The van der Waals surface area contributed by atoms with Crippen LogP contribution in [-0.2, 0) is 0 Å². The zero-order chi connectivity index (χ0) is 16.8. The number of methoxy groups -OCH3 is 3. The molecule has 0 aliphatic heterocycles. The molecule has 0 unspecified atom stereocenters. The Morgan fingerprint density at radius 2 is 1.26 bits per heavy atom. The van der Waals surface area contributed by atoms with Gasteiger partial charge in [0, 0.05) is 12.1 Å². The van der Waals surface area contributed by atoms with Crippen LogP contribution in [0.4, 0.5) is 0 Å². The maximum Gasteiger partial charge on any atom is 0.203 e. The molecule has 0 aromatic heterocycles. The Kier molecular flexibility index (Phi) is 5.88. The van der Waals surface area contributed by atoms with Crippen molar-refractivity contribution in [1.29, 1.82) is 0 Å². The van der Waals surface area contributed by atoms with E-state index in [-0.39, 0.29) is 12.1 Å². The summed E-state index contributed by atoms with van der Waals surface area (Å²) >= 11 is 0. The number of rotatable bonds is 7. The predicted molar refractivity (Wildman–Crippen MR) is 92.5 cm³/mol. The fraction of sp³-hybridized carbons (Fsp3) is 0.368. The van der Waals surface area contributed by atoms with Crippen LogP contribution < -0.4 is 19.5 Å². The average Bonchev–Trinajstić information content (AvgIpc) is 2.60. The highest BCUT2D eigenvalue weighted by molar-refractivity contribution is 5.54. The molecule has 0 spiro atoms. The van der Waals surface area contributed by atoms with E-state index < -0.39 is 0 Å². The molecule has 0 saturated carbocycles. The van der Waals surface area contributed by atoms with Crippen molar-refractivity contribution in [3.8, 4) is 17.2 Å². The molecule has 4 heteroatoms. The molecule has 1 N–H and O–H groups in total. The molecule has 0 aliphatic rings. The van der Waals surface area contributed by atoms with Crippen molar-refractivity contribution in [2.75, 3.05) is 21.3 Å². The second-order valence-electron chi connectivity index (χ2n) is 5.48. The van der Waals surface area contributed by atoms with Crippen LogP contribution in [0, 0.1) is 0 Å². The van der Waals surface area contributed by atoms with Gasteiger partial charge in [-0.3, -0.25) is 0 Å². The van der Waals surface area contributed by atoms with E-state index in [0.29, 0.717) is 17.2 Å². The summed E-state index contributed by atoms with van der Waals surface area (Å²) in [7, 11) is 4.87. The summed E-state index contributed by atoms with van der Waals surface area (Å²) in [6.45, 7) is 4.28. The van der Waals surface area contributed by atoms with Gasteiger partial charge >= 0.3 is 0 Å². The van der Waals surface area contributed by atoms with Crippen molar-refractivity contribution in [1.82, 2.24) is 5.32 Å². The molecule has 23 heavy (non-hydrogen) atoms. The number of hydrogen-bond acceptors (Lipinski definition) is 4. The summed E-state index contributed by atoms with van der Waals surface area (Å²) < 4.78 is 16.2. The molecular weight excluding hydrogens is 290 g/mol. The van der Waals surface area contributed by atoms with Gasteiger partial charge in [0.05, 0.1) is 21.3 Å². The van der Waals surface area contributed by atoms with Gasteiger partial charge in [0.1, 0.15) is 0 Å². The highest BCUT2D eigenvalue weighted by Crippen LogP contribution is 2.39. The molecule has 0 fully saturated rings. The topological polar surface area (TPSA) is 39.7 Å². The van der Waals surface area contributed by atoms with Crippen molar-refractivity contribution >= 4 is 0 Å². The first-order valence-corrected chi connectivity index (χ1v) is 7.71. The number of ether oxygens (including phenoxy) is 3. The molecule has 0 bridgehead atoms. The summed E-state index contributed by atoms with van der Waals surface area (Å²) in [4.78, 5) is 0. The molecule has 124 valence electrons. The van der Waals surface area contributed by atoms with Crippen molar-refractivity contribution < 1.29 is 14.2 Å². The standard InChI is InChI=1S/C19H25NO3/c1-13(15-9-7-6-8-10-15)20-14(2)16-11-17(21-3)19(23-5)18(12-16)22-4/h6-14,20H,1-5H3/t13-,14-/m0/s1. The SMILES string of the molecule is COc1cc([C@H](C)N[C@@H](C)c2ccccc2)cc(OC)c1OC. The van der Waals surface area contributed by atoms with E-state index in [1.165, 1.54) is 5.56 Å². The third-order valence-corrected chi connectivity index (χ3v) is 3.99. The average molecular weight is 315 g/mol. The largest absolute Gasteiger partial charge is 0.493 e. The fourth-order valence-corrected chi connectivity index (χ4v) is 2.66. The lowest BCUT2D eigenvalue weighted by molar-refractivity contribution is 0.323. The van der Waals surface area contributed by atoms with Gasteiger partial charge in [-0.1, -0.05) is 30.3 Å². The number of nitrogens with one attached hydrogen (secondary N) is 1. The van der Waals surface area contributed by atoms with Gasteiger partial charge in [-0.25, -0.2) is 0 Å². The van der Waals surface area contributed by atoms with Crippen molar-refractivity contribution in [3.05, 3.63) is 53.6 Å². The first kappa shape index (κ1) is 17.2. The minimum atomic E-state index is 0.138. The molecule has 0 heterocycles. The maximum atomic E-state index is 5.43. The summed E-state index contributed by atoms with van der Waals surface area (Å²) in [5.74, 6) is 1.95. The minimum absolute atomic E-state index is 0.138. The van der Waals surface area contributed by atoms with Crippen LogP contribution in [0.5, 0.6) is 17.2 Å². The number of hydrogen-bond donors (Lipinski definition) is 1. The zero-order valence-electron chi connectivity index (χ0n) is 14.4. The quantitative estimate of drug-likeness (QED) is 0.834. The summed E-state index contributed by atoms with van der Waals surface area (Å²) in [5.41, 5.74) is 2.34. The van der Waals surface area contributed by atoms with Crippen LogP contribution in [-0.4, -0.2) is 21.3 Å². The highest BCUT2D eigenvalue weighted by Gasteiger charge is 2.17. The lowest BCUT2D eigenvalue weighted by Gasteiger charge is -2.22. The molecule has 2 rings (SSSR count). The van der Waals surface area contributed by atoms with E-state index >= 15 is 0 Å². The van der Waals surface area contributed by atoms with Crippen LogP contribution in [0.25, 0.3) is 0 Å². The smallest absolute Gasteiger partial charge is 0.203 e. The predicted octanol–water partition coefficient (Wildman–Crippen LogP) is 4.12. The first-order valence-electron chi connectivity index (χ1n) is 7.71. The van der Waals surface area contributed by atoms with E-state index in [2.05, 4.69) is 43.4 Å². The van der Waals surface area contributed by atoms with Crippen molar-refractivity contribution in [3.63, 3.8) is 0 Å². The van der Waals surface area contributed by atoms with Crippen LogP contribution in [0.2, 0.25) is 0 Å². The molecule has 4 nitrogen and oxygen atoms in total. The second kappa shape index (κ2) is 7.88. The van der Waals surface area contributed by atoms with E-state index in [0.717, 1.165) is 5.56 Å². The van der Waals surface area contributed by atoms with Crippen LogP contribution >= 0.6 is 0 Å². The molecule has 0 aliphatic carbocycles. The van der Waals surface area contributed by atoms with E-state index in [1.807, 2.05) is 18.2 Å². The third kappa shape index (κ3) is 3.96. The zero-order valence-corrected chi connectivity index (χ0v) is 14.4. The Hall–Kier alpha value is -2.20. The monoisotopic (exact) mass is 315 g/mol. The highest BCUT2D eigenvalue weighted by atomic mass is 16.5. The van der Waals surface area contributed by atoms with Crippen LogP contribution in [0.15, 0.2) is 42.5 Å².